The highest BCUT2D eigenvalue weighted by Crippen LogP contribution is 2.27. The largest absolute Gasteiger partial charge is 0.463 e. The van der Waals surface area contributed by atoms with Crippen molar-refractivity contribution in [2.75, 3.05) is 25.1 Å². The molecule has 19 heavy (non-hydrogen) atoms. The van der Waals surface area contributed by atoms with Gasteiger partial charge in [0.05, 0.1) is 7.11 Å². The summed E-state index contributed by atoms with van der Waals surface area (Å²) in [4.78, 5) is 27.2. The Morgan fingerprint density at radius 3 is 3.16 bits per heavy atom. The highest BCUT2D eigenvalue weighted by Gasteiger charge is 2.32. The minimum absolute atomic E-state index is 0.0323. The average Bonchev–Trinajstić information content (AvgIpc) is 3.02. The molecule has 8 nitrogen and oxygen atoms in total. The third kappa shape index (κ3) is 2.69. The quantitative estimate of drug-likeness (QED) is 0.357. The number of azide groups is 1. The van der Waals surface area contributed by atoms with E-state index in [0.717, 1.165) is 0 Å². The summed E-state index contributed by atoms with van der Waals surface area (Å²) in [6, 6.07) is 3.00. The summed E-state index contributed by atoms with van der Waals surface area (Å²) in [7, 11) is 1.25. The van der Waals surface area contributed by atoms with E-state index in [2.05, 4.69) is 14.8 Å². The van der Waals surface area contributed by atoms with Crippen molar-refractivity contribution in [2.45, 2.75) is 6.42 Å². The molecule has 0 saturated carbocycles. The van der Waals surface area contributed by atoms with Crippen LogP contribution in [0, 0.1) is 5.92 Å². The lowest BCUT2D eigenvalue weighted by atomic mass is 10.1. The zero-order valence-electron chi connectivity index (χ0n) is 10.3. The predicted octanol–water partition coefficient (Wildman–Crippen LogP) is 1.73. The number of esters is 1. The van der Waals surface area contributed by atoms with Crippen LogP contribution in [0.3, 0.4) is 0 Å². The van der Waals surface area contributed by atoms with E-state index in [0.29, 0.717) is 18.8 Å². The van der Waals surface area contributed by atoms with E-state index in [9.17, 15) is 9.59 Å². The van der Waals surface area contributed by atoms with Crippen molar-refractivity contribution in [2.24, 2.45) is 11.0 Å². The summed E-state index contributed by atoms with van der Waals surface area (Å²) in [5.74, 6) is -0.403. The molecule has 1 fully saturated rings. The van der Waals surface area contributed by atoms with Crippen molar-refractivity contribution in [1.29, 1.82) is 0 Å². The first kappa shape index (κ1) is 13.0. The van der Waals surface area contributed by atoms with E-state index in [4.69, 9.17) is 9.95 Å². The molecular weight excluding hydrogens is 252 g/mol. The monoisotopic (exact) mass is 264 g/mol. The Morgan fingerprint density at radius 1 is 1.68 bits per heavy atom. The SMILES string of the molecule is COC(=O)c1ccc(N2CC(CN=[N+]=[N-])CC2=O)o1. The Hall–Kier alpha value is -2.47. The van der Waals surface area contributed by atoms with Crippen LogP contribution in [-0.4, -0.2) is 32.1 Å². The molecular formula is C11H12N4O4. The molecule has 2 rings (SSSR count). The highest BCUT2D eigenvalue weighted by atomic mass is 16.5. The number of ether oxygens (including phenoxy) is 1. The van der Waals surface area contributed by atoms with Gasteiger partial charge >= 0.3 is 5.97 Å². The molecule has 1 saturated heterocycles. The number of hydrogen-bond acceptors (Lipinski definition) is 5. The molecule has 8 heteroatoms. The Bertz CT molecular complexity index is 547. The van der Waals surface area contributed by atoms with Gasteiger partial charge in [-0.2, -0.15) is 0 Å². The van der Waals surface area contributed by atoms with Gasteiger partial charge in [0, 0.05) is 30.5 Å². The van der Waals surface area contributed by atoms with E-state index >= 15 is 0 Å². The Balaban J connectivity index is 2.09. The van der Waals surface area contributed by atoms with E-state index in [1.165, 1.54) is 18.1 Å². The third-order valence-corrected chi connectivity index (χ3v) is 2.85. The lowest BCUT2D eigenvalue weighted by Crippen LogP contribution is -2.24. The van der Waals surface area contributed by atoms with Crippen molar-refractivity contribution in [3.63, 3.8) is 0 Å². The van der Waals surface area contributed by atoms with Gasteiger partial charge in [0.15, 0.2) is 0 Å². The molecule has 0 radical (unpaired) electrons. The summed E-state index contributed by atoms with van der Waals surface area (Å²) in [6.45, 7) is 0.676. The summed E-state index contributed by atoms with van der Waals surface area (Å²) in [6.07, 6.45) is 0.299. The van der Waals surface area contributed by atoms with Gasteiger partial charge < -0.3 is 9.15 Å². The van der Waals surface area contributed by atoms with Crippen molar-refractivity contribution < 1.29 is 18.7 Å². The molecule has 100 valence electrons. The molecule has 1 atom stereocenters. The van der Waals surface area contributed by atoms with Crippen LogP contribution in [0.15, 0.2) is 21.7 Å². The molecule has 0 aliphatic carbocycles. The molecule has 1 aliphatic rings. The molecule has 0 bridgehead atoms. The summed E-state index contributed by atoms with van der Waals surface area (Å²) >= 11 is 0. The lowest BCUT2D eigenvalue weighted by Gasteiger charge is -2.12. The molecule has 1 aromatic heterocycles. The number of anilines is 1. The highest BCUT2D eigenvalue weighted by molar-refractivity contribution is 5.95. The topological polar surface area (TPSA) is 109 Å². The minimum Gasteiger partial charge on any atom is -0.463 e. The second kappa shape index (κ2) is 5.45. The molecule has 1 unspecified atom stereocenters. The maximum Gasteiger partial charge on any atom is 0.374 e. The number of carbonyl (C=O) groups is 2. The fourth-order valence-electron chi connectivity index (χ4n) is 1.95. The summed E-state index contributed by atoms with van der Waals surface area (Å²) in [5, 5.41) is 3.46. The van der Waals surface area contributed by atoms with Crippen LogP contribution in [0.1, 0.15) is 17.0 Å². The first-order chi connectivity index (χ1) is 9.15. The second-order valence-electron chi connectivity index (χ2n) is 4.12. The predicted molar refractivity (Wildman–Crippen MR) is 64.5 cm³/mol. The van der Waals surface area contributed by atoms with Crippen LogP contribution in [0.5, 0.6) is 0 Å². The Morgan fingerprint density at radius 2 is 2.47 bits per heavy atom. The van der Waals surface area contributed by atoms with Gasteiger partial charge in [-0.25, -0.2) is 4.79 Å². The smallest absolute Gasteiger partial charge is 0.374 e. The maximum atomic E-state index is 11.8. The molecule has 0 spiro atoms. The van der Waals surface area contributed by atoms with Gasteiger partial charge in [0.25, 0.3) is 0 Å². The normalized spacial score (nSPS) is 18.3. The summed E-state index contributed by atoms with van der Waals surface area (Å²) < 4.78 is 9.79. The van der Waals surface area contributed by atoms with Crippen LogP contribution in [0.25, 0.3) is 10.4 Å². The van der Waals surface area contributed by atoms with E-state index < -0.39 is 5.97 Å². The molecule has 1 aromatic rings. The van der Waals surface area contributed by atoms with E-state index in [-0.39, 0.29) is 24.1 Å². The number of hydrogen-bond donors (Lipinski definition) is 0. The van der Waals surface area contributed by atoms with Crippen molar-refractivity contribution in [3.8, 4) is 0 Å². The molecule has 0 aromatic carbocycles. The maximum absolute atomic E-state index is 11.8. The van der Waals surface area contributed by atoms with Gasteiger partial charge in [-0.05, 0) is 17.5 Å². The van der Waals surface area contributed by atoms with Gasteiger partial charge in [0.1, 0.15) is 0 Å². The number of furan rings is 1. The van der Waals surface area contributed by atoms with Crippen molar-refractivity contribution >= 4 is 17.8 Å². The zero-order chi connectivity index (χ0) is 13.8. The van der Waals surface area contributed by atoms with Gasteiger partial charge in [0.2, 0.25) is 17.6 Å². The van der Waals surface area contributed by atoms with Crippen molar-refractivity contribution in [1.82, 2.24) is 0 Å². The molecule has 0 N–H and O–H groups in total. The van der Waals surface area contributed by atoms with Gasteiger partial charge in [-0.15, -0.1) is 0 Å². The van der Waals surface area contributed by atoms with Crippen LogP contribution >= 0.6 is 0 Å². The molecule has 1 amide bonds. The number of amides is 1. The number of methoxy groups -OCH3 is 1. The first-order valence-electron chi connectivity index (χ1n) is 5.65. The van der Waals surface area contributed by atoms with Crippen LogP contribution in [0.2, 0.25) is 0 Å². The molecule has 2 heterocycles. The lowest BCUT2D eigenvalue weighted by molar-refractivity contribution is -0.117. The fourth-order valence-corrected chi connectivity index (χ4v) is 1.95. The second-order valence-corrected chi connectivity index (χ2v) is 4.12. The standard InChI is InChI=1S/C11H12N4O4/c1-18-11(17)8-2-3-10(19-8)15-6-7(4-9(15)16)5-13-14-12/h2-3,7H,4-6H2,1H3. The zero-order valence-corrected chi connectivity index (χ0v) is 10.3. The number of rotatable bonds is 4. The molecule has 1 aliphatic heterocycles. The van der Waals surface area contributed by atoms with E-state index in [1.54, 1.807) is 6.07 Å². The van der Waals surface area contributed by atoms with Crippen LogP contribution < -0.4 is 4.90 Å². The van der Waals surface area contributed by atoms with Gasteiger partial charge in [-0.1, -0.05) is 5.11 Å². The first-order valence-corrected chi connectivity index (χ1v) is 5.65. The Kier molecular flexibility index (Phi) is 3.72. The van der Waals surface area contributed by atoms with Gasteiger partial charge in [-0.3, -0.25) is 9.69 Å². The fraction of sp³-hybridized carbons (Fsp3) is 0.455. The minimum atomic E-state index is -0.594. The third-order valence-electron chi connectivity index (χ3n) is 2.85. The summed E-state index contributed by atoms with van der Waals surface area (Å²) in [5.41, 5.74) is 8.26. The number of carbonyl (C=O) groups excluding carboxylic acids is 2. The van der Waals surface area contributed by atoms with Crippen LogP contribution in [-0.2, 0) is 9.53 Å². The number of nitrogens with zero attached hydrogens (tertiary/aromatic N) is 4. The van der Waals surface area contributed by atoms with E-state index in [1.807, 2.05) is 0 Å². The average molecular weight is 264 g/mol. The van der Waals surface area contributed by atoms with Crippen LogP contribution in [0.4, 0.5) is 5.88 Å². The van der Waals surface area contributed by atoms with Crippen molar-refractivity contribution in [3.05, 3.63) is 28.3 Å². The Labute approximate surface area is 108 Å².